The predicted octanol–water partition coefficient (Wildman–Crippen LogP) is 3.76. The van der Waals surface area contributed by atoms with Gasteiger partial charge in [0.1, 0.15) is 0 Å². The molecule has 0 bridgehead atoms. The molecule has 0 amide bonds. The van der Waals surface area contributed by atoms with E-state index in [0.29, 0.717) is 5.56 Å². The van der Waals surface area contributed by atoms with Crippen LogP contribution in [0.2, 0.25) is 0 Å². The average molecular weight is 200 g/mol. The van der Waals surface area contributed by atoms with Crippen molar-refractivity contribution < 1.29 is 13.2 Å². The maximum Gasteiger partial charge on any atom is 0.416 e. The third-order valence-electron chi connectivity index (χ3n) is 2.88. The van der Waals surface area contributed by atoms with E-state index in [1.165, 1.54) is 12.1 Å². The zero-order chi connectivity index (χ0) is 10.4. The van der Waals surface area contributed by atoms with E-state index in [0.717, 1.165) is 12.8 Å². The summed E-state index contributed by atoms with van der Waals surface area (Å²) in [5.74, 6) is 0. The zero-order valence-electron chi connectivity index (χ0n) is 7.86. The first-order valence-corrected chi connectivity index (χ1v) is 4.60. The molecule has 0 atom stereocenters. The molecule has 0 N–H and O–H groups in total. The van der Waals surface area contributed by atoms with Gasteiger partial charge in [0.05, 0.1) is 5.56 Å². The molecule has 0 heterocycles. The Bertz CT molecular complexity index is 324. The monoisotopic (exact) mass is 200 g/mol. The number of halogens is 3. The van der Waals surface area contributed by atoms with Gasteiger partial charge in [-0.05, 0) is 29.9 Å². The van der Waals surface area contributed by atoms with Gasteiger partial charge in [-0.3, -0.25) is 0 Å². The molecule has 0 unspecified atom stereocenters. The summed E-state index contributed by atoms with van der Waals surface area (Å²) in [6.45, 7) is 1.89. The van der Waals surface area contributed by atoms with Crippen LogP contribution < -0.4 is 0 Å². The van der Waals surface area contributed by atoms with Gasteiger partial charge in [0, 0.05) is 0 Å². The zero-order valence-corrected chi connectivity index (χ0v) is 7.86. The maximum atomic E-state index is 12.6. The molecule has 0 saturated heterocycles. The van der Waals surface area contributed by atoms with Gasteiger partial charge in [0.2, 0.25) is 0 Å². The fourth-order valence-corrected chi connectivity index (χ4v) is 1.71. The molecule has 0 spiro atoms. The van der Waals surface area contributed by atoms with Crippen molar-refractivity contribution in [3.05, 3.63) is 35.4 Å². The molecule has 1 aromatic carbocycles. The van der Waals surface area contributed by atoms with Crippen molar-refractivity contribution >= 4 is 0 Å². The fraction of sp³-hybridized carbons (Fsp3) is 0.455. The SMILES string of the molecule is CC1(c2ccccc2C(F)(F)F)CC1. The van der Waals surface area contributed by atoms with Crippen LogP contribution in [0.3, 0.4) is 0 Å². The van der Waals surface area contributed by atoms with E-state index < -0.39 is 11.7 Å². The van der Waals surface area contributed by atoms with Gasteiger partial charge in [-0.1, -0.05) is 25.1 Å². The highest BCUT2D eigenvalue weighted by atomic mass is 19.4. The van der Waals surface area contributed by atoms with E-state index in [9.17, 15) is 13.2 Å². The first-order valence-electron chi connectivity index (χ1n) is 4.60. The number of hydrogen-bond acceptors (Lipinski definition) is 0. The van der Waals surface area contributed by atoms with E-state index in [-0.39, 0.29) is 5.41 Å². The second-order valence-electron chi connectivity index (χ2n) is 4.10. The Balaban J connectivity index is 2.50. The third-order valence-corrected chi connectivity index (χ3v) is 2.88. The second kappa shape index (κ2) is 2.75. The van der Waals surface area contributed by atoms with Crippen molar-refractivity contribution in [1.29, 1.82) is 0 Å². The summed E-state index contributed by atoms with van der Waals surface area (Å²) in [4.78, 5) is 0. The van der Waals surface area contributed by atoms with E-state index >= 15 is 0 Å². The molecule has 1 aliphatic rings. The van der Waals surface area contributed by atoms with Gasteiger partial charge in [-0.25, -0.2) is 0 Å². The third kappa shape index (κ3) is 1.51. The van der Waals surface area contributed by atoms with Crippen LogP contribution in [-0.4, -0.2) is 0 Å². The van der Waals surface area contributed by atoms with Crippen LogP contribution >= 0.6 is 0 Å². The Kier molecular flexibility index (Phi) is 1.88. The largest absolute Gasteiger partial charge is 0.416 e. The number of rotatable bonds is 1. The van der Waals surface area contributed by atoms with Gasteiger partial charge in [-0.15, -0.1) is 0 Å². The molecule has 76 valence electrons. The molecule has 1 aliphatic carbocycles. The number of alkyl halides is 3. The van der Waals surface area contributed by atoms with Crippen LogP contribution in [0.1, 0.15) is 30.9 Å². The smallest absolute Gasteiger partial charge is 0.166 e. The molecule has 14 heavy (non-hydrogen) atoms. The lowest BCUT2D eigenvalue weighted by Crippen LogP contribution is -2.13. The highest BCUT2D eigenvalue weighted by molar-refractivity contribution is 5.39. The van der Waals surface area contributed by atoms with Crippen LogP contribution in [0.15, 0.2) is 24.3 Å². The fourth-order valence-electron chi connectivity index (χ4n) is 1.71. The number of hydrogen-bond donors (Lipinski definition) is 0. The molecule has 3 heteroatoms. The lowest BCUT2D eigenvalue weighted by Gasteiger charge is -2.16. The summed E-state index contributed by atoms with van der Waals surface area (Å²) in [6.07, 6.45) is -2.50. The van der Waals surface area contributed by atoms with Crippen molar-refractivity contribution in [2.75, 3.05) is 0 Å². The maximum absolute atomic E-state index is 12.6. The van der Waals surface area contributed by atoms with Gasteiger partial charge in [0.15, 0.2) is 0 Å². The second-order valence-corrected chi connectivity index (χ2v) is 4.10. The Morgan fingerprint density at radius 3 is 2.21 bits per heavy atom. The van der Waals surface area contributed by atoms with Crippen molar-refractivity contribution in [2.24, 2.45) is 0 Å². The molecule has 0 aliphatic heterocycles. The summed E-state index contributed by atoms with van der Waals surface area (Å²) in [7, 11) is 0. The Morgan fingerprint density at radius 2 is 1.71 bits per heavy atom. The molecular formula is C11H11F3. The summed E-state index contributed by atoms with van der Waals surface area (Å²) >= 11 is 0. The highest BCUT2D eigenvalue weighted by Gasteiger charge is 2.45. The molecule has 1 fully saturated rings. The molecule has 0 radical (unpaired) electrons. The standard InChI is InChI=1S/C11H11F3/c1-10(6-7-10)8-4-2-3-5-9(8)11(12,13)14/h2-5H,6-7H2,1H3. The Hall–Kier alpha value is -0.990. The minimum absolute atomic E-state index is 0.230. The van der Waals surface area contributed by atoms with Crippen LogP contribution in [-0.2, 0) is 11.6 Å². The van der Waals surface area contributed by atoms with Gasteiger partial charge in [-0.2, -0.15) is 13.2 Å². The van der Waals surface area contributed by atoms with Crippen molar-refractivity contribution in [3.63, 3.8) is 0 Å². The lowest BCUT2D eigenvalue weighted by atomic mass is 9.93. The highest BCUT2D eigenvalue weighted by Crippen LogP contribution is 2.51. The summed E-state index contributed by atoms with van der Waals surface area (Å²) in [6, 6.07) is 5.88. The first-order chi connectivity index (χ1) is 6.43. The molecule has 0 nitrogen and oxygen atoms in total. The van der Waals surface area contributed by atoms with E-state index in [2.05, 4.69) is 0 Å². The first kappa shape index (κ1) is 9.56. The minimum Gasteiger partial charge on any atom is -0.166 e. The van der Waals surface area contributed by atoms with Crippen molar-refractivity contribution in [1.82, 2.24) is 0 Å². The van der Waals surface area contributed by atoms with Gasteiger partial charge >= 0.3 is 6.18 Å². The van der Waals surface area contributed by atoms with Crippen LogP contribution in [0.4, 0.5) is 13.2 Å². The quantitative estimate of drug-likeness (QED) is 0.647. The summed E-state index contributed by atoms with van der Waals surface area (Å²) < 4.78 is 37.8. The average Bonchev–Trinajstić information content (AvgIpc) is 2.84. The lowest BCUT2D eigenvalue weighted by molar-refractivity contribution is -0.138. The normalized spacial score (nSPS) is 19.4. The van der Waals surface area contributed by atoms with E-state index in [1.54, 1.807) is 12.1 Å². The molecular weight excluding hydrogens is 189 g/mol. The minimum atomic E-state index is -4.22. The van der Waals surface area contributed by atoms with Crippen LogP contribution in [0.5, 0.6) is 0 Å². The van der Waals surface area contributed by atoms with Crippen LogP contribution in [0, 0.1) is 0 Å². The van der Waals surface area contributed by atoms with Crippen molar-refractivity contribution in [3.8, 4) is 0 Å². The molecule has 1 saturated carbocycles. The molecule has 1 aromatic rings. The van der Waals surface area contributed by atoms with E-state index in [4.69, 9.17) is 0 Å². The van der Waals surface area contributed by atoms with Gasteiger partial charge in [0.25, 0.3) is 0 Å². The molecule has 0 aromatic heterocycles. The topological polar surface area (TPSA) is 0 Å². The summed E-state index contributed by atoms with van der Waals surface area (Å²) in [5, 5.41) is 0. The Labute approximate surface area is 80.7 Å². The predicted molar refractivity (Wildman–Crippen MR) is 48.0 cm³/mol. The van der Waals surface area contributed by atoms with E-state index in [1.807, 2.05) is 6.92 Å². The number of benzene rings is 1. The van der Waals surface area contributed by atoms with Crippen LogP contribution in [0.25, 0.3) is 0 Å². The summed E-state index contributed by atoms with van der Waals surface area (Å²) in [5.41, 5.74) is -0.251. The Morgan fingerprint density at radius 1 is 1.14 bits per heavy atom. The molecule has 2 rings (SSSR count). The van der Waals surface area contributed by atoms with Gasteiger partial charge < -0.3 is 0 Å². The van der Waals surface area contributed by atoms with Crippen molar-refractivity contribution in [2.45, 2.75) is 31.4 Å².